The van der Waals surface area contributed by atoms with Crippen LogP contribution in [-0.2, 0) is 5.41 Å². The van der Waals surface area contributed by atoms with Gasteiger partial charge in [0.15, 0.2) is 0 Å². The molecule has 0 radical (unpaired) electrons. The highest BCUT2D eigenvalue weighted by atomic mass is 16.5. The van der Waals surface area contributed by atoms with Crippen LogP contribution in [0.1, 0.15) is 58.4 Å². The predicted octanol–water partition coefficient (Wildman–Crippen LogP) is 15.7. The van der Waals surface area contributed by atoms with E-state index in [4.69, 9.17) is 9.72 Å². The zero-order valence-electron chi connectivity index (χ0n) is 38.4. The van der Waals surface area contributed by atoms with Crippen LogP contribution in [0, 0.1) is 41.5 Å². The van der Waals surface area contributed by atoms with Crippen LogP contribution < -0.4 is 19.4 Å². The molecule has 8 aromatic carbocycles. The fraction of sp³-hybridized carbons (Fsp3) is 0.169. The fourth-order valence-electron chi connectivity index (χ4n) is 11.0. The maximum Gasteiger partial charge on any atom is 0.145 e. The summed E-state index contributed by atoms with van der Waals surface area (Å²) in [7, 11) is 0. The van der Waals surface area contributed by atoms with Crippen molar-refractivity contribution < 1.29 is 4.74 Å². The highest BCUT2D eigenvalue weighted by Gasteiger charge is 2.42. The Hall–Kier alpha value is -7.57. The Balaban J connectivity index is 1.11. The van der Waals surface area contributed by atoms with Crippen molar-refractivity contribution in [3.63, 3.8) is 0 Å². The second-order valence-electron chi connectivity index (χ2n) is 18.5. The number of fused-ring (bicyclic) bond motifs is 4. The van der Waals surface area contributed by atoms with Crippen LogP contribution in [0.4, 0.5) is 39.8 Å². The van der Waals surface area contributed by atoms with Gasteiger partial charge in [-0.3, -0.25) is 4.57 Å². The average Bonchev–Trinajstić information content (AvgIpc) is 3.85. The summed E-state index contributed by atoms with van der Waals surface area (Å²) >= 11 is 0. The molecule has 0 spiro atoms. The minimum absolute atomic E-state index is 0.367. The van der Waals surface area contributed by atoms with Crippen LogP contribution in [0.5, 0.6) is 11.5 Å². The van der Waals surface area contributed by atoms with E-state index in [9.17, 15) is 0 Å². The molecule has 0 aliphatic carbocycles. The van der Waals surface area contributed by atoms with E-state index < -0.39 is 0 Å². The van der Waals surface area contributed by atoms with Gasteiger partial charge in [-0.15, -0.1) is 0 Å². The second-order valence-corrected chi connectivity index (χ2v) is 18.5. The highest BCUT2D eigenvalue weighted by molar-refractivity contribution is 5.95. The highest BCUT2D eigenvalue weighted by Crippen LogP contribution is 2.58. The fourth-order valence-corrected chi connectivity index (χ4v) is 11.0. The van der Waals surface area contributed by atoms with Crippen molar-refractivity contribution >= 4 is 50.8 Å². The third kappa shape index (κ3) is 6.58. The number of imidazole rings is 1. The van der Waals surface area contributed by atoms with Gasteiger partial charge in [-0.1, -0.05) is 122 Å². The predicted molar refractivity (Wildman–Crippen MR) is 270 cm³/mol. The van der Waals surface area contributed by atoms with Gasteiger partial charge in [-0.2, -0.15) is 0 Å². The lowest BCUT2D eigenvalue weighted by molar-refractivity contribution is 0.482. The molecule has 11 rings (SSSR count). The molecule has 9 aromatic rings. The third-order valence-corrected chi connectivity index (χ3v) is 13.5. The maximum absolute atomic E-state index is 7.18. The molecule has 320 valence electrons. The molecule has 1 aromatic heterocycles. The van der Waals surface area contributed by atoms with E-state index >= 15 is 0 Å². The van der Waals surface area contributed by atoms with Crippen LogP contribution in [0.3, 0.4) is 0 Å². The zero-order valence-corrected chi connectivity index (χ0v) is 38.4. The van der Waals surface area contributed by atoms with Gasteiger partial charge in [0.05, 0.1) is 45.2 Å². The second kappa shape index (κ2) is 15.3. The third-order valence-electron chi connectivity index (χ3n) is 13.5. The minimum atomic E-state index is -0.367. The molecule has 3 heterocycles. The number of nitrogens with zero attached hydrogens (tertiary/aromatic N) is 5. The Labute approximate surface area is 382 Å². The molecule has 0 atom stereocenters. The van der Waals surface area contributed by atoms with E-state index in [1.807, 2.05) is 0 Å². The Morgan fingerprint density at radius 3 is 1.78 bits per heavy atom. The van der Waals surface area contributed by atoms with Gasteiger partial charge < -0.3 is 19.4 Å². The van der Waals surface area contributed by atoms with E-state index in [2.05, 4.69) is 238 Å². The summed E-state index contributed by atoms with van der Waals surface area (Å²) < 4.78 is 9.50. The lowest BCUT2D eigenvalue weighted by atomic mass is 9.72. The van der Waals surface area contributed by atoms with E-state index in [1.165, 1.54) is 55.9 Å². The van der Waals surface area contributed by atoms with Crippen molar-refractivity contribution in [3.05, 3.63) is 208 Å². The number of aryl methyl sites for hydroxylation is 6. The molecule has 0 N–H and O–H groups in total. The topological polar surface area (TPSA) is 36.8 Å². The van der Waals surface area contributed by atoms with Gasteiger partial charge in [0, 0.05) is 40.0 Å². The lowest BCUT2D eigenvalue weighted by Gasteiger charge is -2.44. The van der Waals surface area contributed by atoms with Gasteiger partial charge in [0.2, 0.25) is 0 Å². The molecule has 6 nitrogen and oxygen atoms in total. The molecular weight excluding hydrogens is 795 g/mol. The number of hydrogen-bond acceptors (Lipinski definition) is 5. The van der Waals surface area contributed by atoms with Crippen LogP contribution in [0.25, 0.3) is 28.1 Å². The van der Waals surface area contributed by atoms with E-state index in [1.54, 1.807) is 0 Å². The summed E-state index contributed by atoms with van der Waals surface area (Å²) in [5.41, 5.74) is 21.8. The summed E-state index contributed by atoms with van der Waals surface area (Å²) in [6, 6.07) is 58.9. The maximum atomic E-state index is 7.18. The van der Waals surface area contributed by atoms with Gasteiger partial charge in [0.25, 0.3) is 0 Å². The Bertz CT molecular complexity index is 3300. The Kier molecular flexibility index (Phi) is 9.47. The standard InChI is InChI=1S/C59H53N5O/c1-37-29-39(3)56(40(4)30-37)62-36-61(51-27-16-17-28-52(51)62)53-34-46(35-54-55(53)59(7,8)47-23-12-14-25-49(47)63(54)44-20-10-9-11-21-44)65-45-22-18-19-43(33-45)58-60-48-24-13-15-26-50(48)64(58)57-41(5)31-38(2)32-42(57)6/h9-35H,36H2,1-8H3. The molecule has 0 unspecified atom stereocenters. The molecule has 6 heteroatoms. The Morgan fingerprint density at radius 1 is 0.492 bits per heavy atom. The number of rotatable bonds is 7. The molecule has 0 fully saturated rings. The van der Waals surface area contributed by atoms with Crippen LogP contribution in [-0.4, -0.2) is 16.2 Å². The normalized spacial score (nSPS) is 13.8. The first-order chi connectivity index (χ1) is 31.5. The molecular formula is C59H53N5O. The molecule has 65 heavy (non-hydrogen) atoms. The first-order valence-electron chi connectivity index (χ1n) is 22.7. The van der Waals surface area contributed by atoms with Gasteiger partial charge in [-0.25, -0.2) is 4.98 Å². The quantitative estimate of drug-likeness (QED) is 0.160. The molecule has 2 aliphatic rings. The lowest BCUT2D eigenvalue weighted by Crippen LogP contribution is -2.34. The van der Waals surface area contributed by atoms with E-state index in [0.717, 1.165) is 68.0 Å². The molecule has 0 bridgehead atoms. The summed E-state index contributed by atoms with van der Waals surface area (Å²) in [5, 5.41) is 0. The Morgan fingerprint density at radius 2 is 1.08 bits per heavy atom. The summed E-state index contributed by atoms with van der Waals surface area (Å²) in [5.74, 6) is 2.37. The number of aromatic nitrogens is 2. The summed E-state index contributed by atoms with van der Waals surface area (Å²) in [4.78, 5) is 12.7. The monoisotopic (exact) mass is 847 g/mol. The largest absolute Gasteiger partial charge is 0.457 e. The smallest absolute Gasteiger partial charge is 0.145 e. The zero-order chi connectivity index (χ0) is 44.7. The van der Waals surface area contributed by atoms with Crippen molar-refractivity contribution in [2.45, 2.75) is 60.8 Å². The molecule has 0 saturated heterocycles. The van der Waals surface area contributed by atoms with Crippen molar-refractivity contribution in [2.75, 3.05) is 21.4 Å². The van der Waals surface area contributed by atoms with Crippen molar-refractivity contribution in [1.29, 1.82) is 0 Å². The van der Waals surface area contributed by atoms with Gasteiger partial charge >= 0.3 is 0 Å². The number of anilines is 7. The van der Waals surface area contributed by atoms with E-state index in [-0.39, 0.29) is 5.41 Å². The molecule has 0 saturated carbocycles. The average molecular weight is 848 g/mol. The number of ether oxygens (including phenoxy) is 1. The van der Waals surface area contributed by atoms with Crippen LogP contribution >= 0.6 is 0 Å². The van der Waals surface area contributed by atoms with Gasteiger partial charge in [0.1, 0.15) is 24.0 Å². The summed E-state index contributed by atoms with van der Waals surface area (Å²) in [6.07, 6.45) is 0. The SMILES string of the molecule is Cc1cc(C)c(N2CN(c3cc(Oc4cccc(-c5nc6ccccc6n5-c5c(C)cc(C)cc5C)c4)cc4c3C(C)(C)c3ccccc3N4c3ccccc3)c3ccccc32)c(C)c1. The molecule has 2 aliphatic heterocycles. The van der Waals surface area contributed by atoms with Crippen molar-refractivity contribution in [1.82, 2.24) is 9.55 Å². The van der Waals surface area contributed by atoms with Crippen molar-refractivity contribution in [2.24, 2.45) is 0 Å². The summed E-state index contributed by atoms with van der Waals surface area (Å²) in [6.45, 7) is 18.6. The van der Waals surface area contributed by atoms with Crippen LogP contribution in [0.2, 0.25) is 0 Å². The molecule has 0 amide bonds. The number of benzene rings is 8. The first-order valence-corrected chi connectivity index (χ1v) is 22.7. The minimum Gasteiger partial charge on any atom is -0.457 e. The van der Waals surface area contributed by atoms with Gasteiger partial charge in [-0.05, 0) is 124 Å². The van der Waals surface area contributed by atoms with Crippen molar-refractivity contribution in [3.8, 4) is 28.6 Å². The first kappa shape index (κ1) is 40.2. The number of hydrogen-bond donors (Lipinski definition) is 0. The number of para-hydroxylation sites is 6. The van der Waals surface area contributed by atoms with E-state index in [0.29, 0.717) is 6.67 Å². The van der Waals surface area contributed by atoms with Crippen LogP contribution in [0.15, 0.2) is 164 Å².